The van der Waals surface area contributed by atoms with Gasteiger partial charge in [-0.25, -0.2) is 0 Å². The van der Waals surface area contributed by atoms with Crippen LogP contribution < -0.4 is 0 Å². The van der Waals surface area contributed by atoms with Crippen LogP contribution in [-0.4, -0.2) is 17.4 Å². The van der Waals surface area contributed by atoms with Crippen LogP contribution in [0.4, 0.5) is 0 Å². The normalized spacial score (nSPS) is 24.4. The molecule has 1 heterocycles. The molecular formula is C17H19ClO3. The van der Waals surface area contributed by atoms with Crippen molar-refractivity contribution in [2.45, 2.75) is 57.5 Å². The Labute approximate surface area is 129 Å². The summed E-state index contributed by atoms with van der Waals surface area (Å²) >= 11 is 6.17. The van der Waals surface area contributed by atoms with Crippen LogP contribution in [0, 0.1) is 13.8 Å². The smallest absolute Gasteiger partial charge is 0.322 e. The highest BCUT2D eigenvalue weighted by Crippen LogP contribution is 2.45. The molecule has 112 valence electrons. The number of esters is 1. The van der Waals surface area contributed by atoms with Gasteiger partial charge >= 0.3 is 5.97 Å². The second-order valence-corrected chi connectivity index (χ2v) is 6.58. The van der Waals surface area contributed by atoms with E-state index in [9.17, 15) is 9.59 Å². The molecule has 2 fully saturated rings. The van der Waals surface area contributed by atoms with Crippen LogP contribution in [0.1, 0.15) is 54.7 Å². The van der Waals surface area contributed by atoms with Crippen LogP contribution in [0.3, 0.4) is 0 Å². The highest BCUT2D eigenvalue weighted by molar-refractivity contribution is 6.31. The number of ketones is 1. The molecule has 4 heteroatoms. The van der Waals surface area contributed by atoms with E-state index in [4.69, 9.17) is 16.3 Å². The minimum absolute atomic E-state index is 0.0688. The van der Waals surface area contributed by atoms with Crippen molar-refractivity contribution >= 4 is 23.4 Å². The van der Waals surface area contributed by atoms with Gasteiger partial charge in [-0.15, -0.1) is 0 Å². The standard InChI is InChI=1S/C17H19ClO3/c1-10-6-7-12(18)11(2)13(10)14-15(19)17(21-16(14)20)8-4-3-5-9-17/h6-7,14H,3-5,8-9H2,1-2H3. The largest absolute Gasteiger partial charge is 0.450 e. The monoisotopic (exact) mass is 306 g/mol. The molecule has 1 saturated carbocycles. The number of benzene rings is 1. The number of carbonyl (C=O) groups is 2. The zero-order valence-corrected chi connectivity index (χ0v) is 13.1. The van der Waals surface area contributed by atoms with Crippen LogP contribution >= 0.6 is 11.6 Å². The summed E-state index contributed by atoms with van der Waals surface area (Å²) in [7, 11) is 0. The molecule has 0 radical (unpaired) electrons. The Morgan fingerprint density at radius 3 is 2.48 bits per heavy atom. The molecule has 2 aliphatic rings. The lowest BCUT2D eigenvalue weighted by molar-refractivity contribution is -0.154. The third kappa shape index (κ3) is 2.18. The second kappa shape index (κ2) is 5.13. The molecule has 1 aliphatic heterocycles. The predicted octanol–water partition coefficient (Wildman–Crippen LogP) is 3.87. The van der Waals surface area contributed by atoms with Gasteiger partial charge in [0.25, 0.3) is 0 Å². The maximum Gasteiger partial charge on any atom is 0.322 e. The summed E-state index contributed by atoms with van der Waals surface area (Å²) in [4.78, 5) is 25.3. The molecule has 0 bridgehead atoms. The molecular weight excluding hydrogens is 288 g/mol. The van der Waals surface area contributed by atoms with Crippen molar-refractivity contribution in [3.8, 4) is 0 Å². The van der Waals surface area contributed by atoms with Crippen molar-refractivity contribution in [1.29, 1.82) is 0 Å². The number of hydrogen-bond donors (Lipinski definition) is 0. The number of halogens is 1. The third-order valence-electron chi connectivity index (χ3n) is 4.86. The molecule has 3 nitrogen and oxygen atoms in total. The molecule has 0 aromatic heterocycles. The topological polar surface area (TPSA) is 43.4 Å². The van der Waals surface area contributed by atoms with Crippen molar-refractivity contribution in [2.75, 3.05) is 0 Å². The predicted molar refractivity (Wildman–Crippen MR) is 80.6 cm³/mol. The van der Waals surface area contributed by atoms with Crippen molar-refractivity contribution < 1.29 is 14.3 Å². The van der Waals surface area contributed by atoms with E-state index < -0.39 is 17.5 Å². The molecule has 0 N–H and O–H groups in total. The Morgan fingerprint density at radius 1 is 1.14 bits per heavy atom. The fourth-order valence-electron chi connectivity index (χ4n) is 3.67. The van der Waals surface area contributed by atoms with Crippen LogP contribution in [0.5, 0.6) is 0 Å². The Balaban J connectivity index is 2.06. The highest BCUT2D eigenvalue weighted by atomic mass is 35.5. The first-order valence-electron chi connectivity index (χ1n) is 7.49. The lowest BCUT2D eigenvalue weighted by Crippen LogP contribution is -2.39. The quantitative estimate of drug-likeness (QED) is 0.584. The summed E-state index contributed by atoms with van der Waals surface area (Å²) in [5, 5.41) is 0.584. The maximum atomic E-state index is 12.9. The number of Topliss-reactive ketones (excluding diaryl/α,β-unsaturated/α-hetero) is 1. The Hall–Kier alpha value is -1.35. The number of carbonyl (C=O) groups excluding carboxylic acids is 2. The SMILES string of the molecule is Cc1ccc(Cl)c(C)c1C1C(=O)OC2(CCCCC2)C1=O. The van der Waals surface area contributed by atoms with Gasteiger partial charge in [0.15, 0.2) is 11.4 Å². The maximum absolute atomic E-state index is 12.9. The lowest BCUT2D eigenvalue weighted by atomic mass is 9.77. The van der Waals surface area contributed by atoms with Crippen LogP contribution in [0.2, 0.25) is 5.02 Å². The Bertz CT molecular complexity index is 615. The van der Waals surface area contributed by atoms with E-state index in [0.29, 0.717) is 17.9 Å². The second-order valence-electron chi connectivity index (χ2n) is 6.18. The van der Waals surface area contributed by atoms with E-state index >= 15 is 0 Å². The molecule has 3 rings (SSSR count). The number of rotatable bonds is 1. The Morgan fingerprint density at radius 2 is 1.81 bits per heavy atom. The molecule has 1 atom stereocenters. The first-order chi connectivity index (χ1) is 9.96. The van der Waals surface area contributed by atoms with Gasteiger partial charge in [-0.1, -0.05) is 24.1 Å². The zero-order chi connectivity index (χ0) is 15.2. The van der Waals surface area contributed by atoms with Gasteiger partial charge < -0.3 is 4.74 Å². The average Bonchev–Trinajstić information content (AvgIpc) is 2.69. The number of hydrogen-bond acceptors (Lipinski definition) is 3. The van der Waals surface area contributed by atoms with Crippen LogP contribution in [-0.2, 0) is 14.3 Å². The fourth-order valence-corrected chi connectivity index (χ4v) is 3.84. The van der Waals surface area contributed by atoms with Gasteiger partial charge in [0, 0.05) is 5.02 Å². The summed E-state index contributed by atoms with van der Waals surface area (Å²) in [6.45, 7) is 3.77. The lowest BCUT2D eigenvalue weighted by Gasteiger charge is -2.30. The van der Waals surface area contributed by atoms with Crippen molar-refractivity contribution in [3.05, 3.63) is 33.8 Å². The van der Waals surface area contributed by atoms with E-state index in [0.717, 1.165) is 36.0 Å². The zero-order valence-electron chi connectivity index (χ0n) is 12.4. The van der Waals surface area contributed by atoms with E-state index in [1.54, 1.807) is 6.07 Å². The average molecular weight is 307 g/mol. The van der Waals surface area contributed by atoms with Gasteiger partial charge in [-0.05, 0) is 62.3 Å². The molecule has 1 spiro atoms. The molecule has 21 heavy (non-hydrogen) atoms. The van der Waals surface area contributed by atoms with Gasteiger partial charge in [-0.3, -0.25) is 9.59 Å². The molecule has 1 aromatic rings. The minimum Gasteiger partial charge on any atom is -0.450 e. The summed E-state index contributed by atoms with van der Waals surface area (Å²) < 4.78 is 5.59. The summed E-state index contributed by atoms with van der Waals surface area (Å²) in [6, 6.07) is 3.66. The first kappa shape index (κ1) is 14.6. The van der Waals surface area contributed by atoms with Crippen molar-refractivity contribution in [1.82, 2.24) is 0 Å². The van der Waals surface area contributed by atoms with E-state index in [1.807, 2.05) is 19.9 Å². The van der Waals surface area contributed by atoms with Gasteiger partial charge in [0.05, 0.1) is 0 Å². The molecule has 1 aromatic carbocycles. The molecule has 0 amide bonds. The van der Waals surface area contributed by atoms with Crippen molar-refractivity contribution in [3.63, 3.8) is 0 Å². The van der Waals surface area contributed by atoms with Gasteiger partial charge in [0.1, 0.15) is 5.92 Å². The first-order valence-corrected chi connectivity index (χ1v) is 7.87. The summed E-state index contributed by atoms with van der Waals surface area (Å²) in [6.07, 6.45) is 4.31. The summed E-state index contributed by atoms with van der Waals surface area (Å²) in [5.74, 6) is -1.28. The molecule has 1 unspecified atom stereocenters. The van der Waals surface area contributed by atoms with Crippen molar-refractivity contribution in [2.24, 2.45) is 0 Å². The molecule has 1 saturated heterocycles. The Kier molecular flexibility index (Phi) is 3.56. The minimum atomic E-state index is -0.874. The number of ether oxygens (including phenoxy) is 1. The van der Waals surface area contributed by atoms with E-state index in [1.165, 1.54) is 0 Å². The fraction of sp³-hybridized carbons (Fsp3) is 0.529. The van der Waals surface area contributed by atoms with Crippen LogP contribution in [0.15, 0.2) is 12.1 Å². The summed E-state index contributed by atoms with van der Waals surface area (Å²) in [5.41, 5.74) is 1.58. The molecule has 1 aliphatic carbocycles. The van der Waals surface area contributed by atoms with Gasteiger partial charge in [-0.2, -0.15) is 0 Å². The van der Waals surface area contributed by atoms with Gasteiger partial charge in [0.2, 0.25) is 0 Å². The van der Waals surface area contributed by atoms with Crippen LogP contribution in [0.25, 0.3) is 0 Å². The third-order valence-corrected chi connectivity index (χ3v) is 5.27. The highest BCUT2D eigenvalue weighted by Gasteiger charge is 2.56. The number of aryl methyl sites for hydroxylation is 1. The van der Waals surface area contributed by atoms with E-state index in [2.05, 4.69) is 0 Å². The van der Waals surface area contributed by atoms with E-state index in [-0.39, 0.29) is 5.78 Å².